The fraction of sp³-hybridized carbons (Fsp3) is 0.700. The fourth-order valence-corrected chi connectivity index (χ4v) is 5.25. The Hall–Kier alpha value is -0.580. The van der Waals surface area contributed by atoms with Gasteiger partial charge in [-0.15, -0.1) is 0 Å². The zero-order valence-electron chi connectivity index (χ0n) is 14.9. The summed E-state index contributed by atoms with van der Waals surface area (Å²) < 4.78 is 13.8. The van der Waals surface area contributed by atoms with Crippen LogP contribution in [0.4, 0.5) is 4.39 Å². The second-order valence-electron chi connectivity index (χ2n) is 7.43. The highest BCUT2D eigenvalue weighted by molar-refractivity contribution is 7.99. The lowest BCUT2D eigenvalue weighted by Crippen LogP contribution is -2.44. The first-order valence-electron chi connectivity index (χ1n) is 9.46. The van der Waals surface area contributed by atoms with Crippen LogP contribution in [0, 0.1) is 11.7 Å². The molecule has 0 radical (unpaired) electrons. The van der Waals surface area contributed by atoms with E-state index in [9.17, 15) is 4.39 Å². The molecule has 134 valence electrons. The molecule has 3 rings (SSSR count). The molecule has 2 aliphatic rings. The number of likely N-dealkylation sites (tertiary alicyclic amines) is 1. The van der Waals surface area contributed by atoms with E-state index in [1.54, 1.807) is 12.1 Å². The third-order valence-electron chi connectivity index (χ3n) is 5.62. The Morgan fingerprint density at radius 1 is 1.21 bits per heavy atom. The molecule has 1 aromatic rings. The molecule has 0 unspecified atom stereocenters. The molecular formula is C20H31FN2S. The summed E-state index contributed by atoms with van der Waals surface area (Å²) in [6.07, 6.45) is 6.17. The molecule has 24 heavy (non-hydrogen) atoms. The van der Waals surface area contributed by atoms with Gasteiger partial charge in [0.2, 0.25) is 0 Å². The molecule has 1 atom stereocenters. The van der Waals surface area contributed by atoms with E-state index in [0.717, 1.165) is 30.5 Å². The summed E-state index contributed by atoms with van der Waals surface area (Å²) in [5.74, 6) is 3.38. The lowest BCUT2D eigenvalue weighted by Gasteiger charge is -2.38. The predicted molar refractivity (Wildman–Crippen MR) is 102 cm³/mol. The Morgan fingerprint density at radius 2 is 2.00 bits per heavy atom. The lowest BCUT2D eigenvalue weighted by molar-refractivity contribution is 0.122. The molecule has 0 aromatic heterocycles. The van der Waals surface area contributed by atoms with Crippen molar-refractivity contribution in [2.24, 2.45) is 5.92 Å². The van der Waals surface area contributed by atoms with Crippen molar-refractivity contribution >= 4 is 11.8 Å². The van der Waals surface area contributed by atoms with Gasteiger partial charge >= 0.3 is 0 Å². The average molecular weight is 351 g/mol. The number of thioether (sulfide) groups is 1. The SMILES string of the molecule is CN(C[C@@H]1CCCN(CCc2ccccc2F)C1)C1CCSCC1. The molecule has 1 aromatic carbocycles. The van der Waals surface area contributed by atoms with Crippen molar-refractivity contribution < 1.29 is 4.39 Å². The number of halogens is 1. The molecule has 2 saturated heterocycles. The van der Waals surface area contributed by atoms with E-state index in [1.807, 2.05) is 12.1 Å². The van der Waals surface area contributed by atoms with Crippen LogP contribution < -0.4 is 0 Å². The van der Waals surface area contributed by atoms with Gasteiger partial charge in [0.1, 0.15) is 5.82 Å². The highest BCUT2D eigenvalue weighted by atomic mass is 32.2. The minimum atomic E-state index is -0.0547. The van der Waals surface area contributed by atoms with Gasteiger partial charge < -0.3 is 9.80 Å². The van der Waals surface area contributed by atoms with Gasteiger partial charge in [-0.05, 0) is 74.7 Å². The number of rotatable bonds is 6. The third-order valence-corrected chi connectivity index (χ3v) is 6.67. The second-order valence-corrected chi connectivity index (χ2v) is 8.66. The quantitative estimate of drug-likeness (QED) is 0.768. The normalized spacial score (nSPS) is 23.7. The van der Waals surface area contributed by atoms with Gasteiger partial charge in [-0.2, -0.15) is 11.8 Å². The van der Waals surface area contributed by atoms with Crippen molar-refractivity contribution in [1.29, 1.82) is 0 Å². The van der Waals surface area contributed by atoms with Crippen molar-refractivity contribution in [1.82, 2.24) is 9.80 Å². The zero-order valence-corrected chi connectivity index (χ0v) is 15.7. The van der Waals surface area contributed by atoms with E-state index in [2.05, 4.69) is 28.6 Å². The maximum atomic E-state index is 13.8. The first-order valence-corrected chi connectivity index (χ1v) is 10.6. The summed E-state index contributed by atoms with van der Waals surface area (Å²) in [5.41, 5.74) is 0.858. The van der Waals surface area contributed by atoms with Gasteiger partial charge in [-0.1, -0.05) is 18.2 Å². The van der Waals surface area contributed by atoms with Gasteiger partial charge in [-0.3, -0.25) is 0 Å². The summed E-state index contributed by atoms with van der Waals surface area (Å²) in [4.78, 5) is 5.16. The second kappa shape index (κ2) is 9.21. The third kappa shape index (κ3) is 5.21. The van der Waals surface area contributed by atoms with Gasteiger partial charge in [-0.25, -0.2) is 4.39 Å². The summed E-state index contributed by atoms with van der Waals surface area (Å²) in [7, 11) is 2.32. The zero-order chi connectivity index (χ0) is 16.8. The van der Waals surface area contributed by atoms with Gasteiger partial charge in [0.15, 0.2) is 0 Å². The topological polar surface area (TPSA) is 6.48 Å². The molecular weight excluding hydrogens is 319 g/mol. The van der Waals surface area contributed by atoms with Crippen molar-refractivity contribution in [2.45, 2.75) is 38.1 Å². The first kappa shape index (κ1) is 18.2. The van der Waals surface area contributed by atoms with Crippen LogP contribution in [-0.4, -0.2) is 60.6 Å². The van der Waals surface area contributed by atoms with Crippen LogP contribution >= 0.6 is 11.8 Å². The molecule has 0 N–H and O–H groups in total. The van der Waals surface area contributed by atoms with E-state index in [0.29, 0.717) is 0 Å². The molecule has 2 fully saturated rings. The van der Waals surface area contributed by atoms with Crippen LogP contribution in [0.3, 0.4) is 0 Å². The van der Waals surface area contributed by atoms with Gasteiger partial charge in [0.25, 0.3) is 0 Å². The highest BCUT2D eigenvalue weighted by Gasteiger charge is 2.24. The molecule has 0 spiro atoms. The van der Waals surface area contributed by atoms with Crippen molar-refractivity contribution in [3.63, 3.8) is 0 Å². The molecule has 4 heteroatoms. The van der Waals surface area contributed by atoms with Crippen molar-refractivity contribution in [2.75, 3.05) is 44.7 Å². The maximum Gasteiger partial charge on any atom is 0.126 e. The van der Waals surface area contributed by atoms with Crippen LogP contribution in [0.25, 0.3) is 0 Å². The van der Waals surface area contributed by atoms with Gasteiger partial charge in [0, 0.05) is 25.7 Å². The minimum Gasteiger partial charge on any atom is -0.303 e. The fourth-order valence-electron chi connectivity index (χ4n) is 4.17. The van der Waals surface area contributed by atoms with E-state index in [4.69, 9.17) is 0 Å². The summed E-state index contributed by atoms with van der Waals surface area (Å²) in [5, 5.41) is 0. The number of hydrogen-bond acceptors (Lipinski definition) is 3. The Balaban J connectivity index is 1.44. The Labute approximate surface area is 150 Å². The molecule has 0 bridgehead atoms. The Kier molecular flexibility index (Phi) is 6.99. The van der Waals surface area contributed by atoms with E-state index in [1.165, 1.54) is 56.8 Å². The maximum absolute atomic E-state index is 13.8. The minimum absolute atomic E-state index is 0.0547. The number of piperidine rings is 1. The van der Waals surface area contributed by atoms with Crippen LogP contribution in [0.1, 0.15) is 31.2 Å². The monoisotopic (exact) mass is 350 g/mol. The molecule has 2 nitrogen and oxygen atoms in total. The lowest BCUT2D eigenvalue weighted by atomic mass is 9.96. The van der Waals surface area contributed by atoms with Crippen LogP contribution in [-0.2, 0) is 6.42 Å². The molecule has 2 heterocycles. The molecule has 2 aliphatic heterocycles. The van der Waals surface area contributed by atoms with E-state index >= 15 is 0 Å². The summed E-state index contributed by atoms with van der Waals surface area (Å²) in [6.45, 7) is 4.57. The highest BCUT2D eigenvalue weighted by Crippen LogP contribution is 2.24. The Bertz CT molecular complexity index is 504. The van der Waals surface area contributed by atoms with Crippen LogP contribution in [0.2, 0.25) is 0 Å². The van der Waals surface area contributed by atoms with Crippen molar-refractivity contribution in [3.05, 3.63) is 35.6 Å². The number of benzene rings is 1. The standard InChI is InChI=1S/C20H31FN2S/c1-22(19-9-13-24-14-10-19)15-17-5-4-11-23(16-17)12-8-18-6-2-3-7-20(18)21/h2-3,6-7,17,19H,4-5,8-16H2,1H3/t17-/m0/s1. The summed E-state index contributed by atoms with van der Waals surface area (Å²) >= 11 is 2.10. The number of nitrogens with zero attached hydrogens (tertiary/aromatic N) is 2. The Morgan fingerprint density at radius 3 is 2.79 bits per heavy atom. The summed E-state index contributed by atoms with van der Waals surface area (Å²) in [6, 6.07) is 8.00. The van der Waals surface area contributed by atoms with Crippen LogP contribution in [0.5, 0.6) is 0 Å². The number of hydrogen-bond donors (Lipinski definition) is 0. The van der Waals surface area contributed by atoms with Crippen molar-refractivity contribution in [3.8, 4) is 0 Å². The molecule has 0 saturated carbocycles. The first-order chi connectivity index (χ1) is 11.7. The average Bonchev–Trinajstić information content (AvgIpc) is 2.62. The molecule has 0 amide bonds. The van der Waals surface area contributed by atoms with Crippen LogP contribution in [0.15, 0.2) is 24.3 Å². The van der Waals surface area contributed by atoms with E-state index in [-0.39, 0.29) is 5.82 Å². The van der Waals surface area contributed by atoms with Gasteiger partial charge in [0.05, 0.1) is 0 Å². The smallest absolute Gasteiger partial charge is 0.126 e. The van der Waals surface area contributed by atoms with E-state index < -0.39 is 0 Å². The predicted octanol–water partition coefficient (Wildman–Crippen LogP) is 3.91. The molecule has 0 aliphatic carbocycles. The largest absolute Gasteiger partial charge is 0.303 e.